The third-order valence-corrected chi connectivity index (χ3v) is 3.45. The van der Waals surface area contributed by atoms with Crippen molar-refractivity contribution in [3.05, 3.63) is 66.6 Å². The van der Waals surface area contributed by atoms with Gasteiger partial charge in [0.15, 0.2) is 12.2 Å². The van der Waals surface area contributed by atoms with E-state index in [4.69, 9.17) is 13.9 Å². The van der Waals surface area contributed by atoms with Gasteiger partial charge in [-0.1, -0.05) is 30.3 Å². The second-order valence-electron chi connectivity index (χ2n) is 5.47. The Bertz CT molecular complexity index is 901. The lowest BCUT2D eigenvalue weighted by atomic mass is 10.3. The molecule has 1 amide bonds. The molecule has 1 heterocycles. The highest BCUT2D eigenvalue weighted by atomic mass is 16.5. The van der Waals surface area contributed by atoms with Crippen LogP contribution in [0, 0.1) is 0 Å². The molecule has 3 rings (SSSR count). The Morgan fingerprint density at radius 3 is 2.67 bits per heavy atom. The van der Waals surface area contributed by atoms with Crippen molar-refractivity contribution in [2.45, 2.75) is 0 Å². The summed E-state index contributed by atoms with van der Waals surface area (Å²) >= 11 is 0. The number of amides is 1. The summed E-state index contributed by atoms with van der Waals surface area (Å²) in [4.78, 5) is 27.5. The van der Waals surface area contributed by atoms with E-state index < -0.39 is 11.9 Å². The zero-order valence-electron chi connectivity index (χ0n) is 14.5. The molecule has 0 saturated carbocycles. The van der Waals surface area contributed by atoms with Crippen LogP contribution in [0.3, 0.4) is 0 Å². The number of rotatable bonds is 8. The molecule has 1 aromatic heterocycles. The van der Waals surface area contributed by atoms with Crippen LogP contribution in [0.15, 0.2) is 65.1 Å². The van der Waals surface area contributed by atoms with E-state index in [1.54, 1.807) is 12.1 Å². The number of fused-ring (bicyclic) bond motifs is 1. The highest BCUT2D eigenvalue weighted by molar-refractivity contribution is 5.89. The number of carbonyl (C=O) groups is 2. The standard InChI is InChI=1S/C20H18N2O5/c23-18(21-12-13-25-15-6-2-1-3-7-15)14-26-20(24)11-10-19-22-16-8-4-5-9-17(16)27-19/h1-11H,12-14H2,(H,21,23)/b11-10+. The minimum absolute atomic E-state index is 0.288. The summed E-state index contributed by atoms with van der Waals surface area (Å²) in [7, 11) is 0. The molecule has 138 valence electrons. The van der Waals surface area contributed by atoms with Crippen LogP contribution in [0.5, 0.6) is 5.75 Å². The predicted octanol–water partition coefficient (Wildman–Crippen LogP) is 2.58. The van der Waals surface area contributed by atoms with Crippen LogP contribution in [0.25, 0.3) is 17.2 Å². The Morgan fingerprint density at radius 1 is 1.07 bits per heavy atom. The van der Waals surface area contributed by atoms with Crippen LogP contribution < -0.4 is 10.1 Å². The summed E-state index contributed by atoms with van der Waals surface area (Å²) in [5.74, 6) is -0.0543. The van der Waals surface area contributed by atoms with Gasteiger partial charge in [0.2, 0.25) is 5.89 Å². The molecule has 0 saturated heterocycles. The molecule has 0 spiro atoms. The molecule has 0 radical (unpaired) electrons. The van der Waals surface area contributed by atoms with Crippen molar-refractivity contribution in [2.24, 2.45) is 0 Å². The Labute approximate surface area is 155 Å². The second-order valence-corrected chi connectivity index (χ2v) is 5.47. The van der Waals surface area contributed by atoms with Crippen molar-refractivity contribution in [3.63, 3.8) is 0 Å². The molecular weight excluding hydrogens is 348 g/mol. The van der Waals surface area contributed by atoms with E-state index in [1.807, 2.05) is 42.5 Å². The summed E-state index contributed by atoms with van der Waals surface area (Å²) < 4.78 is 15.8. The van der Waals surface area contributed by atoms with Gasteiger partial charge in [-0.15, -0.1) is 0 Å². The first-order valence-corrected chi connectivity index (χ1v) is 8.36. The van der Waals surface area contributed by atoms with Crippen molar-refractivity contribution >= 4 is 29.1 Å². The van der Waals surface area contributed by atoms with E-state index in [2.05, 4.69) is 10.3 Å². The molecular formula is C20H18N2O5. The first-order valence-electron chi connectivity index (χ1n) is 8.36. The molecule has 2 aromatic carbocycles. The third-order valence-electron chi connectivity index (χ3n) is 3.45. The fourth-order valence-electron chi connectivity index (χ4n) is 2.21. The highest BCUT2D eigenvalue weighted by Crippen LogP contribution is 2.15. The third kappa shape index (κ3) is 5.71. The maximum atomic E-state index is 11.7. The molecule has 0 bridgehead atoms. The van der Waals surface area contributed by atoms with Crippen LogP contribution in [-0.4, -0.2) is 36.6 Å². The van der Waals surface area contributed by atoms with Gasteiger partial charge in [-0.25, -0.2) is 9.78 Å². The van der Waals surface area contributed by atoms with Crippen molar-refractivity contribution in [3.8, 4) is 5.75 Å². The molecule has 0 aliphatic heterocycles. The van der Waals surface area contributed by atoms with Gasteiger partial charge in [0.05, 0.1) is 6.54 Å². The van der Waals surface area contributed by atoms with Crippen LogP contribution in [0.2, 0.25) is 0 Å². The molecule has 7 nitrogen and oxygen atoms in total. The number of benzene rings is 2. The van der Waals surface area contributed by atoms with Crippen molar-refractivity contribution in [2.75, 3.05) is 19.8 Å². The van der Waals surface area contributed by atoms with Gasteiger partial charge in [-0.2, -0.15) is 0 Å². The van der Waals surface area contributed by atoms with Crippen LogP contribution in [0.1, 0.15) is 5.89 Å². The number of hydrogen-bond donors (Lipinski definition) is 1. The SMILES string of the molecule is O=C(COC(=O)/C=C/c1nc2ccccc2o1)NCCOc1ccccc1. The second kappa shape index (κ2) is 9.19. The minimum atomic E-state index is -0.659. The highest BCUT2D eigenvalue weighted by Gasteiger charge is 2.06. The van der Waals surface area contributed by atoms with E-state index in [-0.39, 0.29) is 12.5 Å². The number of aromatic nitrogens is 1. The summed E-state index contributed by atoms with van der Waals surface area (Å²) in [5, 5.41) is 2.60. The van der Waals surface area contributed by atoms with Gasteiger partial charge >= 0.3 is 5.97 Å². The number of nitrogens with one attached hydrogen (secondary N) is 1. The number of oxazole rings is 1. The molecule has 0 aliphatic carbocycles. The lowest BCUT2D eigenvalue weighted by molar-refractivity contribution is -0.143. The Kier molecular flexibility index (Phi) is 6.19. The molecule has 0 fully saturated rings. The van der Waals surface area contributed by atoms with E-state index in [9.17, 15) is 9.59 Å². The van der Waals surface area contributed by atoms with E-state index in [0.717, 1.165) is 11.8 Å². The van der Waals surface area contributed by atoms with Gasteiger partial charge in [0.25, 0.3) is 5.91 Å². The fourth-order valence-corrected chi connectivity index (χ4v) is 2.21. The zero-order chi connectivity index (χ0) is 18.9. The summed E-state index contributed by atoms with van der Waals surface area (Å²) in [6.45, 7) is 0.257. The number of nitrogens with zero attached hydrogens (tertiary/aromatic N) is 1. The van der Waals surface area contributed by atoms with Crippen molar-refractivity contribution in [1.29, 1.82) is 0 Å². The summed E-state index contributed by atoms with van der Waals surface area (Å²) in [6, 6.07) is 16.5. The maximum Gasteiger partial charge on any atom is 0.331 e. The summed E-state index contributed by atoms with van der Waals surface area (Å²) in [6.07, 6.45) is 2.56. The molecule has 0 atom stereocenters. The fraction of sp³-hybridized carbons (Fsp3) is 0.150. The predicted molar refractivity (Wildman–Crippen MR) is 98.9 cm³/mol. The van der Waals surface area contributed by atoms with Crippen LogP contribution in [0.4, 0.5) is 0 Å². The van der Waals surface area contributed by atoms with Gasteiger partial charge in [-0.3, -0.25) is 4.79 Å². The summed E-state index contributed by atoms with van der Waals surface area (Å²) in [5.41, 5.74) is 1.32. The lowest BCUT2D eigenvalue weighted by Crippen LogP contribution is -2.31. The topological polar surface area (TPSA) is 90.7 Å². The average molecular weight is 366 g/mol. The van der Waals surface area contributed by atoms with Gasteiger partial charge in [0.1, 0.15) is 17.9 Å². The Hall–Kier alpha value is -3.61. The van der Waals surface area contributed by atoms with Gasteiger partial charge in [-0.05, 0) is 24.3 Å². The van der Waals surface area contributed by atoms with E-state index in [0.29, 0.717) is 24.3 Å². The maximum absolute atomic E-state index is 11.7. The monoisotopic (exact) mass is 366 g/mol. The van der Waals surface area contributed by atoms with Crippen LogP contribution in [-0.2, 0) is 14.3 Å². The zero-order valence-corrected chi connectivity index (χ0v) is 14.5. The quantitative estimate of drug-likeness (QED) is 0.374. The number of esters is 1. The Morgan fingerprint density at radius 2 is 1.85 bits per heavy atom. The van der Waals surface area contributed by atoms with E-state index >= 15 is 0 Å². The van der Waals surface area contributed by atoms with Gasteiger partial charge in [0, 0.05) is 12.2 Å². The first-order chi connectivity index (χ1) is 13.2. The van der Waals surface area contributed by atoms with Crippen LogP contribution >= 0.6 is 0 Å². The minimum Gasteiger partial charge on any atom is -0.492 e. The molecule has 3 aromatic rings. The van der Waals surface area contributed by atoms with Crippen molar-refractivity contribution < 1.29 is 23.5 Å². The molecule has 1 N–H and O–H groups in total. The van der Waals surface area contributed by atoms with Crippen molar-refractivity contribution in [1.82, 2.24) is 10.3 Å². The smallest absolute Gasteiger partial charge is 0.331 e. The number of carbonyl (C=O) groups excluding carboxylic acids is 2. The van der Waals surface area contributed by atoms with Gasteiger partial charge < -0.3 is 19.2 Å². The molecule has 0 unspecified atom stereocenters. The molecule has 7 heteroatoms. The largest absolute Gasteiger partial charge is 0.492 e. The average Bonchev–Trinajstić information content (AvgIpc) is 3.12. The molecule has 0 aliphatic rings. The Balaban J connectivity index is 1.35. The normalized spacial score (nSPS) is 10.8. The molecule has 27 heavy (non-hydrogen) atoms. The number of hydrogen-bond acceptors (Lipinski definition) is 6. The lowest BCUT2D eigenvalue weighted by Gasteiger charge is -2.07. The van der Waals surface area contributed by atoms with E-state index in [1.165, 1.54) is 6.08 Å². The first kappa shape index (κ1) is 18.2. The number of para-hydroxylation sites is 3. The number of ether oxygens (including phenoxy) is 2.